The van der Waals surface area contributed by atoms with Crippen LogP contribution in [0, 0.1) is 0 Å². The van der Waals surface area contributed by atoms with Gasteiger partial charge in [0, 0.05) is 0 Å². The summed E-state index contributed by atoms with van der Waals surface area (Å²) in [5.41, 5.74) is 1.09. The summed E-state index contributed by atoms with van der Waals surface area (Å²) >= 11 is 0. The minimum Gasteiger partial charge on any atom is -0.501 e. The number of benzene rings is 1. The van der Waals surface area contributed by atoms with Crippen molar-refractivity contribution in [3.63, 3.8) is 0 Å². The van der Waals surface area contributed by atoms with Crippen molar-refractivity contribution in [2.45, 2.75) is 20.3 Å². The molecular formula is C13H18O2. The topological polar surface area (TPSA) is 18.5 Å². The van der Waals surface area contributed by atoms with E-state index in [-0.39, 0.29) is 0 Å². The summed E-state index contributed by atoms with van der Waals surface area (Å²) in [6.45, 7) is 5.52. The van der Waals surface area contributed by atoms with Crippen LogP contribution in [0.25, 0.3) is 6.08 Å². The van der Waals surface area contributed by atoms with Gasteiger partial charge in [-0.25, -0.2) is 0 Å². The first-order chi connectivity index (χ1) is 7.36. The molecule has 0 aliphatic carbocycles. The molecule has 0 saturated carbocycles. The third kappa shape index (κ3) is 4.54. The van der Waals surface area contributed by atoms with Crippen molar-refractivity contribution in [3.05, 3.63) is 36.1 Å². The fourth-order valence-electron chi connectivity index (χ4n) is 1.15. The van der Waals surface area contributed by atoms with Crippen LogP contribution in [-0.2, 0) is 4.74 Å². The quantitative estimate of drug-likeness (QED) is 0.663. The largest absolute Gasteiger partial charge is 0.501 e. The van der Waals surface area contributed by atoms with Gasteiger partial charge in [0.25, 0.3) is 0 Å². The highest BCUT2D eigenvalue weighted by Crippen LogP contribution is 2.14. The van der Waals surface area contributed by atoms with Crippen molar-refractivity contribution in [2.75, 3.05) is 13.2 Å². The zero-order valence-corrected chi connectivity index (χ0v) is 9.40. The first-order valence-corrected chi connectivity index (χ1v) is 5.37. The van der Waals surface area contributed by atoms with Crippen LogP contribution in [0.1, 0.15) is 25.8 Å². The second kappa shape index (κ2) is 6.93. The van der Waals surface area contributed by atoms with Crippen LogP contribution in [0.15, 0.2) is 30.5 Å². The fraction of sp³-hybridized carbons (Fsp3) is 0.385. The Balaban J connectivity index is 2.57. The summed E-state index contributed by atoms with van der Waals surface area (Å²) < 4.78 is 10.7. The number of ether oxygens (including phenoxy) is 2. The van der Waals surface area contributed by atoms with Crippen LogP contribution in [0.3, 0.4) is 0 Å². The highest BCUT2D eigenvalue weighted by atomic mass is 16.5. The molecule has 0 spiro atoms. The predicted molar refractivity (Wildman–Crippen MR) is 62.9 cm³/mol. The zero-order valence-electron chi connectivity index (χ0n) is 9.40. The Labute approximate surface area is 91.5 Å². The molecule has 0 amide bonds. The maximum Gasteiger partial charge on any atom is 0.119 e. The standard InChI is InChI=1S/C13H18O2/c1-3-9-15-13-7-5-6-12(11-13)8-10-14-4-2/h5-8,10-11H,3-4,9H2,1-2H3. The van der Waals surface area contributed by atoms with E-state index < -0.39 is 0 Å². The lowest BCUT2D eigenvalue weighted by Crippen LogP contribution is -1.94. The molecule has 82 valence electrons. The molecule has 0 unspecified atom stereocenters. The zero-order chi connectivity index (χ0) is 10.9. The third-order valence-corrected chi connectivity index (χ3v) is 1.85. The maximum absolute atomic E-state index is 5.53. The molecular weight excluding hydrogens is 188 g/mol. The van der Waals surface area contributed by atoms with Gasteiger partial charge in [-0.05, 0) is 37.1 Å². The van der Waals surface area contributed by atoms with Gasteiger partial charge in [0.2, 0.25) is 0 Å². The lowest BCUT2D eigenvalue weighted by molar-refractivity contribution is 0.272. The van der Waals surface area contributed by atoms with E-state index in [0.29, 0.717) is 6.61 Å². The SMILES string of the molecule is CCCOc1cccc(C=COCC)c1. The van der Waals surface area contributed by atoms with E-state index in [2.05, 4.69) is 6.92 Å². The van der Waals surface area contributed by atoms with Crippen molar-refractivity contribution in [3.8, 4) is 5.75 Å². The van der Waals surface area contributed by atoms with Gasteiger partial charge in [-0.15, -0.1) is 0 Å². The molecule has 2 heteroatoms. The molecule has 0 saturated heterocycles. The highest BCUT2D eigenvalue weighted by Gasteiger charge is 1.93. The average Bonchev–Trinajstić information content (AvgIpc) is 2.27. The van der Waals surface area contributed by atoms with Crippen molar-refractivity contribution in [1.82, 2.24) is 0 Å². The van der Waals surface area contributed by atoms with Gasteiger partial charge in [-0.3, -0.25) is 0 Å². The molecule has 0 heterocycles. The van der Waals surface area contributed by atoms with Crippen LogP contribution in [0.2, 0.25) is 0 Å². The molecule has 1 aromatic rings. The summed E-state index contributed by atoms with van der Waals surface area (Å²) in [5, 5.41) is 0. The number of hydrogen-bond donors (Lipinski definition) is 0. The molecule has 0 bridgehead atoms. The normalized spacial score (nSPS) is 10.5. The Morgan fingerprint density at radius 3 is 2.87 bits per heavy atom. The van der Waals surface area contributed by atoms with Crippen molar-refractivity contribution in [2.24, 2.45) is 0 Å². The lowest BCUT2D eigenvalue weighted by atomic mass is 10.2. The molecule has 0 aliphatic heterocycles. The number of hydrogen-bond acceptors (Lipinski definition) is 2. The summed E-state index contributed by atoms with van der Waals surface area (Å²) in [7, 11) is 0. The molecule has 0 N–H and O–H groups in total. The van der Waals surface area contributed by atoms with E-state index in [4.69, 9.17) is 9.47 Å². The summed E-state index contributed by atoms with van der Waals surface area (Å²) in [5.74, 6) is 0.912. The smallest absolute Gasteiger partial charge is 0.119 e. The second-order valence-electron chi connectivity index (χ2n) is 3.18. The lowest BCUT2D eigenvalue weighted by Gasteiger charge is -2.04. The van der Waals surface area contributed by atoms with Crippen LogP contribution in [0.5, 0.6) is 5.75 Å². The molecule has 0 aliphatic rings. The molecule has 15 heavy (non-hydrogen) atoms. The molecule has 0 aromatic heterocycles. The Morgan fingerprint density at radius 1 is 1.27 bits per heavy atom. The highest BCUT2D eigenvalue weighted by molar-refractivity contribution is 5.50. The maximum atomic E-state index is 5.53. The van der Waals surface area contributed by atoms with Crippen molar-refractivity contribution < 1.29 is 9.47 Å². The second-order valence-corrected chi connectivity index (χ2v) is 3.18. The van der Waals surface area contributed by atoms with Gasteiger partial charge < -0.3 is 9.47 Å². The monoisotopic (exact) mass is 206 g/mol. The minimum absolute atomic E-state index is 0.697. The fourth-order valence-corrected chi connectivity index (χ4v) is 1.15. The van der Waals surface area contributed by atoms with Crippen molar-refractivity contribution in [1.29, 1.82) is 0 Å². The van der Waals surface area contributed by atoms with Crippen LogP contribution in [-0.4, -0.2) is 13.2 Å². The summed E-state index contributed by atoms with van der Waals surface area (Å²) in [6.07, 6.45) is 4.67. The van der Waals surface area contributed by atoms with E-state index in [1.54, 1.807) is 6.26 Å². The molecule has 1 aromatic carbocycles. The van der Waals surface area contributed by atoms with E-state index in [0.717, 1.165) is 24.3 Å². The minimum atomic E-state index is 0.697. The average molecular weight is 206 g/mol. The Kier molecular flexibility index (Phi) is 5.38. The molecule has 0 radical (unpaired) electrons. The number of rotatable bonds is 6. The summed E-state index contributed by atoms with van der Waals surface area (Å²) in [6, 6.07) is 7.98. The van der Waals surface area contributed by atoms with Crippen molar-refractivity contribution >= 4 is 6.08 Å². The van der Waals surface area contributed by atoms with Crippen LogP contribution < -0.4 is 4.74 Å². The molecule has 0 fully saturated rings. The van der Waals surface area contributed by atoms with Gasteiger partial charge in [0.1, 0.15) is 5.75 Å². The predicted octanol–water partition coefficient (Wildman–Crippen LogP) is 3.48. The van der Waals surface area contributed by atoms with Gasteiger partial charge in [-0.2, -0.15) is 0 Å². The van der Waals surface area contributed by atoms with Gasteiger partial charge >= 0.3 is 0 Å². The third-order valence-electron chi connectivity index (χ3n) is 1.85. The molecule has 1 rings (SSSR count). The van der Waals surface area contributed by atoms with Gasteiger partial charge in [-0.1, -0.05) is 19.1 Å². The summed E-state index contributed by atoms with van der Waals surface area (Å²) in [4.78, 5) is 0. The van der Waals surface area contributed by atoms with E-state index >= 15 is 0 Å². The molecule has 0 atom stereocenters. The Morgan fingerprint density at radius 2 is 2.13 bits per heavy atom. The molecule has 2 nitrogen and oxygen atoms in total. The van der Waals surface area contributed by atoms with Crippen LogP contribution >= 0.6 is 0 Å². The van der Waals surface area contributed by atoms with E-state index in [1.165, 1.54) is 0 Å². The Hall–Kier alpha value is -1.44. The van der Waals surface area contributed by atoms with E-state index in [1.807, 2.05) is 37.3 Å². The first-order valence-electron chi connectivity index (χ1n) is 5.37. The van der Waals surface area contributed by atoms with Gasteiger partial charge in [0.15, 0.2) is 0 Å². The van der Waals surface area contributed by atoms with Gasteiger partial charge in [0.05, 0.1) is 19.5 Å². The first kappa shape index (κ1) is 11.6. The Bertz CT molecular complexity index is 305. The van der Waals surface area contributed by atoms with Crippen LogP contribution in [0.4, 0.5) is 0 Å². The van der Waals surface area contributed by atoms with E-state index in [9.17, 15) is 0 Å².